The minimum Gasteiger partial charge on any atom is -0.462 e. The zero-order valence-electron chi connectivity index (χ0n) is 24.1. The number of rotatable bonds is 10. The van der Waals surface area contributed by atoms with E-state index in [1.54, 1.807) is 45.2 Å². The highest BCUT2D eigenvalue weighted by Gasteiger charge is 2.45. The lowest BCUT2D eigenvalue weighted by Crippen LogP contribution is -2.28. The lowest BCUT2D eigenvalue weighted by Gasteiger charge is -2.25. The Kier molecular flexibility index (Phi) is 9.64. The molecule has 2 heterocycles. The van der Waals surface area contributed by atoms with Crippen molar-refractivity contribution < 1.29 is 27.4 Å². The maximum atomic E-state index is 14.5. The number of hydrogen-bond acceptors (Lipinski definition) is 8. The third-order valence-electron chi connectivity index (χ3n) is 6.88. The van der Waals surface area contributed by atoms with E-state index in [0.717, 1.165) is 17.6 Å². The molecule has 0 amide bonds. The molecule has 1 unspecified atom stereocenters. The Labute approximate surface area is 242 Å². The van der Waals surface area contributed by atoms with Crippen LogP contribution in [0.1, 0.15) is 68.1 Å². The first-order chi connectivity index (χ1) is 20.0. The summed E-state index contributed by atoms with van der Waals surface area (Å²) in [7, 11) is 0. The van der Waals surface area contributed by atoms with Crippen LogP contribution in [0.25, 0.3) is 11.3 Å². The molecule has 0 radical (unpaired) electrons. The second kappa shape index (κ2) is 13.2. The number of alkyl halides is 3. The number of ether oxygens (including phenoxy) is 2. The molecule has 0 spiro atoms. The number of nitrogens with zero attached hydrogens (tertiary/aromatic N) is 5. The standard InChI is InChI=1S/C30H35F3N6O3/c1-5-35-24(28(40)41-6-2)16-20-8-10-21(11-9-20)23-17-26(37-29(34)36-23)42-27(30(31,32)33)22-12-7-18(3)15-25(22)39-14-13-19(4)38-39/h7,10,12-15,17,20,27H,5-6,8-9,11,16H2,1-4H3,(H2,34,36,37)/t20?,27-/m1/s1. The number of nitrogen functional groups attached to an aromatic ring is 1. The highest BCUT2D eigenvalue weighted by Crippen LogP contribution is 2.40. The Morgan fingerprint density at radius 2 is 1.98 bits per heavy atom. The van der Waals surface area contributed by atoms with E-state index in [1.807, 2.05) is 13.0 Å². The predicted octanol–water partition coefficient (Wildman–Crippen LogP) is 6.14. The quantitative estimate of drug-likeness (QED) is 0.225. The van der Waals surface area contributed by atoms with Crippen molar-refractivity contribution in [1.82, 2.24) is 19.7 Å². The molecule has 3 aromatic rings. The molecular formula is C30H35F3N6O3. The minimum atomic E-state index is -4.76. The fourth-order valence-corrected chi connectivity index (χ4v) is 4.92. The van der Waals surface area contributed by atoms with Crippen molar-refractivity contribution >= 4 is 23.2 Å². The van der Waals surface area contributed by atoms with Gasteiger partial charge >= 0.3 is 12.1 Å². The molecule has 0 bridgehead atoms. The molecule has 9 nitrogen and oxygen atoms in total. The Hall–Kier alpha value is -4.22. The normalized spacial score (nSPS) is 16.6. The fraction of sp³-hybridized carbons (Fsp3) is 0.433. The average molecular weight is 585 g/mol. The molecule has 0 fully saturated rings. The van der Waals surface area contributed by atoms with Gasteiger partial charge in [0.2, 0.25) is 17.9 Å². The molecule has 2 aromatic heterocycles. The van der Waals surface area contributed by atoms with Gasteiger partial charge in [0.15, 0.2) is 0 Å². The summed E-state index contributed by atoms with van der Waals surface area (Å²) in [5, 5.41) is 4.30. The highest BCUT2D eigenvalue weighted by atomic mass is 19.4. The summed E-state index contributed by atoms with van der Waals surface area (Å²) in [6.07, 6.45) is -1.08. The first-order valence-corrected chi connectivity index (χ1v) is 13.9. The molecule has 0 saturated carbocycles. The molecule has 2 atom stereocenters. The monoisotopic (exact) mass is 584 g/mol. The first kappa shape index (κ1) is 30.7. The van der Waals surface area contributed by atoms with Gasteiger partial charge in [-0.2, -0.15) is 23.3 Å². The van der Waals surface area contributed by atoms with Crippen LogP contribution in [0.15, 0.2) is 47.6 Å². The van der Waals surface area contributed by atoms with Crippen molar-refractivity contribution in [3.8, 4) is 11.6 Å². The number of carbonyl (C=O) groups is 1. The zero-order chi connectivity index (χ0) is 30.4. The van der Waals surface area contributed by atoms with E-state index in [1.165, 1.54) is 16.8 Å². The van der Waals surface area contributed by atoms with Crippen molar-refractivity contribution in [3.05, 3.63) is 65.1 Å². The summed E-state index contributed by atoms with van der Waals surface area (Å²) in [6, 6.07) is 7.71. The number of aryl methyl sites for hydroxylation is 2. The van der Waals surface area contributed by atoms with Gasteiger partial charge in [0.1, 0.15) is 5.71 Å². The summed E-state index contributed by atoms with van der Waals surface area (Å²) < 4.78 is 55.5. The molecule has 0 aliphatic heterocycles. The Balaban J connectivity index is 1.59. The van der Waals surface area contributed by atoms with Gasteiger partial charge in [0.25, 0.3) is 0 Å². The number of aromatic nitrogens is 4. The molecule has 2 N–H and O–H groups in total. The molecule has 4 rings (SSSR count). The number of anilines is 1. The summed E-state index contributed by atoms with van der Waals surface area (Å²) in [5.74, 6) is -0.722. The third kappa shape index (κ3) is 7.54. The van der Waals surface area contributed by atoms with Gasteiger partial charge in [-0.1, -0.05) is 18.2 Å². The van der Waals surface area contributed by atoms with E-state index in [-0.39, 0.29) is 35.6 Å². The summed E-state index contributed by atoms with van der Waals surface area (Å²) in [5.41, 5.74) is 9.15. The lowest BCUT2D eigenvalue weighted by molar-refractivity contribution is -0.198. The second-order valence-corrected chi connectivity index (χ2v) is 10.2. The minimum absolute atomic E-state index is 0.110. The highest BCUT2D eigenvalue weighted by molar-refractivity contribution is 6.36. The molecule has 1 aliphatic carbocycles. The van der Waals surface area contributed by atoms with Gasteiger partial charge in [-0.3, -0.25) is 4.99 Å². The van der Waals surface area contributed by atoms with Crippen LogP contribution in [0.5, 0.6) is 5.88 Å². The van der Waals surface area contributed by atoms with E-state index in [4.69, 9.17) is 15.2 Å². The number of hydrogen-bond donors (Lipinski definition) is 1. The maximum Gasteiger partial charge on any atom is 0.429 e. The number of esters is 1. The van der Waals surface area contributed by atoms with Gasteiger partial charge in [-0.15, -0.1) is 0 Å². The van der Waals surface area contributed by atoms with E-state index in [0.29, 0.717) is 42.9 Å². The van der Waals surface area contributed by atoms with E-state index in [2.05, 4.69) is 20.1 Å². The van der Waals surface area contributed by atoms with Gasteiger partial charge in [-0.25, -0.2) is 14.5 Å². The first-order valence-electron chi connectivity index (χ1n) is 13.9. The predicted molar refractivity (Wildman–Crippen MR) is 153 cm³/mol. The van der Waals surface area contributed by atoms with Crippen LogP contribution in [-0.4, -0.2) is 50.8 Å². The smallest absolute Gasteiger partial charge is 0.429 e. The molecule has 0 saturated heterocycles. The second-order valence-electron chi connectivity index (χ2n) is 10.2. The maximum absolute atomic E-state index is 14.5. The largest absolute Gasteiger partial charge is 0.462 e. The topological polar surface area (TPSA) is 118 Å². The Bertz CT molecular complexity index is 1480. The molecule has 1 aromatic carbocycles. The number of aliphatic imine (C=N–C) groups is 1. The number of benzene rings is 1. The van der Waals surface area contributed by atoms with Crippen LogP contribution >= 0.6 is 0 Å². The number of nitrogens with two attached hydrogens (primary N) is 1. The van der Waals surface area contributed by atoms with E-state index in [9.17, 15) is 18.0 Å². The number of halogens is 3. The van der Waals surface area contributed by atoms with E-state index >= 15 is 0 Å². The van der Waals surface area contributed by atoms with Gasteiger partial charge in [-0.05, 0) is 82.6 Å². The number of allylic oxidation sites excluding steroid dienone is 2. The molecule has 42 heavy (non-hydrogen) atoms. The Morgan fingerprint density at radius 1 is 1.19 bits per heavy atom. The van der Waals surface area contributed by atoms with Crippen molar-refractivity contribution in [2.24, 2.45) is 10.9 Å². The molecule has 1 aliphatic rings. The molecular weight excluding hydrogens is 549 g/mol. The lowest BCUT2D eigenvalue weighted by atomic mass is 9.85. The zero-order valence-corrected chi connectivity index (χ0v) is 24.1. The van der Waals surface area contributed by atoms with Gasteiger partial charge < -0.3 is 15.2 Å². The summed E-state index contributed by atoms with van der Waals surface area (Å²) in [6.45, 7) is 7.92. The number of carbonyl (C=O) groups excluding carboxylic acids is 1. The SMILES string of the molecule is CCN=C(CC1CC=C(c2cc(O[C@H](c3ccc(C)cc3-n3ccc(C)n3)C(F)(F)F)nc(N)n2)CC1)C(=O)OCC. The van der Waals surface area contributed by atoms with Crippen molar-refractivity contribution in [2.45, 2.75) is 65.7 Å². The van der Waals surface area contributed by atoms with Crippen LogP contribution in [-0.2, 0) is 9.53 Å². The Morgan fingerprint density at radius 3 is 2.60 bits per heavy atom. The third-order valence-corrected chi connectivity index (χ3v) is 6.88. The summed E-state index contributed by atoms with van der Waals surface area (Å²) >= 11 is 0. The van der Waals surface area contributed by atoms with E-state index < -0.39 is 18.2 Å². The summed E-state index contributed by atoms with van der Waals surface area (Å²) in [4.78, 5) is 24.8. The average Bonchev–Trinajstić information content (AvgIpc) is 3.37. The van der Waals surface area contributed by atoms with Crippen molar-refractivity contribution in [3.63, 3.8) is 0 Å². The van der Waals surface area contributed by atoms with Crippen molar-refractivity contribution in [1.29, 1.82) is 0 Å². The molecule has 224 valence electrons. The fourth-order valence-electron chi connectivity index (χ4n) is 4.92. The van der Waals surface area contributed by atoms with Crippen molar-refractivity contribution in [2.75, 3.05) is 18.9 Å². The van der Waals surface area contributed by atoms with Gasteiger partial charge in [0.05, 0.1) is 23.7 Å². The van der Waals surface area contributed by atoms with Crippen LogP contribution in [0.2, 0.25) is 0 Å². The van der Waals surface area contributed by atoms with Crippen LogP contribution in [0.3, 0.4) is 0 Å². The van der Waals surface area contributed by atoms with Gasteiger partial charge in [0, 0.05) is 24.4 Å². The van der Waals surface area contributed by atoms with Crippen LogP contribution < -0.4 is 10.5 Å². The molecule has 12 heteroatoms. The van der Waals surface area contributed by atoms with Crippen LogP contribution in [0, 0.1) is 19.8 Å². The van der Waals surface area contributed by atoms with Crippen LogP contribution in [0.4, 0.5) is 19.1 Å².